The zero-order valence-electron chi connectivity index (χ0n) is 13.1. The number of halogens is 3. The van der Waals surface area contributed by atoms with Crippen LogP contribution in [0.2, 0.25) is 0 Å². The summed E-state index contributed by atoms with van der Waals surface area (Å²) in [6, 6.07) is 13.0. The van der Waals surface area contributed by atoms with Gasteiger partial charge >= 0.3 is 12.1 Å². The number of alkyl halides is 3. The molecule has 0 spiro atoms. The molecule has 3 nitrogen and oxygen atoms in total. The first-order valence-electron chi connectivity index (χ1n) is 7.44. The highest BCUT2D eigenvalue weighted by molar-refractivity contribution is 6.05. The fourth-order valence-corrected chi connectivity index (χ4v) is 2.02. The minimum atomic E-state index is -4.37. The number of rotatable bonds is 6. The van der Waals surface area contributed by atoms with E-state index in [1.54, 1.807) is 30.3 Å². The molecule has 0 amide bonds. The van der Waals surface area contributed by atoms with Crippen LogP contribution in [0.25, 0.3) is 6.08 Å². The third-order valence-corrected chi connectivity index (χ3v) is 3.29. The number of esters is 1. The van der Waals surface area contributed by atoms with Gasteiger partial charge in [0.25, 0.3) is 0 Å². The Morgan fingerprint density at radius 1 is 0.960 bits per heavy atom. The molecule has 25 heavy (non-hydrogen) atoms. The van der Waals surface area contributed by atoms with Crippen LogP contribution in [-0.4, -0.2) is 18.4 Å². The van der Waals surface area contributed by atoms with Gasteiger partial charge in [-0.3, -0.25) is 9.59 Å². The Balaban J connectivity index is 1.79. The van der Waals surface area contributed by atoms with E-state index < -0.39 is 17.7 Å². The van der Waals surface area contributed by atoms with Crippen molar-refractivity contribution < 1.29 is 27.5 Å². The van der Waals surface area contributed by atoms with Crippen LogP contribution in [0.5, 0.6) is 0 Å². The summed E-state index contributed by atoms with van der Waals surface area (Å²) in [7, 11) is 0. The highest BCUT2D eigenvalue weighted by Crippen LogP contribution is 2.29. The predicted octanol–water partition coefficient (Wildman–Crippen LogP) is 4.53. The molecule has 0 heterocycles. The lowest BCUT2D eigenvalue weighted by Crippen LogP contribution is -2.11. The molecule has 2 aromatic carbocycles. The van der Waals surface area contributed by atoms with Gasteiger partial charge < -0.3 is 4.74 Å². The molecule has 0 saturated carbocycles. The van der Waals surface area contributed by atoms with Gasteiger partial charge in [-0.1, -0.05) is 48.5 Å². The molecule has 130 valence electrons. The minimum absolute atomic E-state index is 0.0675. The number of hydrogen-bond donors (Lipinski definition) is 0. The van der Waals surface area contributed by atoms with Crippen LogP contribution in [0.4, 0.5) is 13.2 Å². The Bertz CT molecular complexity index is 748. The van der Waals surface area contributed by atoms with E-state index in [0.717, 1.165) is 12.1 Å². The van der Waals surface area contributed by atoms with Gasteiger partial charge in [0.15, 0.2) is 5.78 Å². The van der Waals surface area contributed by atoms with Crippen molar-refractivity contribution in [3.05, 3.63) is 77.4 Å². The van der Waals surface area contributed by atoms with Gasteiger partial charge in [-0.2, -0.15) is 13.2 Å². The lowest BCUT2D eigenvalue weighted by Gasteiger charge is -2.06. The van der Waals surface area contributed by atoms with Crippen molar-refractivity contribution >= 4 is 17.8 Å². The molecule has 6 heteroatoms. The number of ether oxygens (including phenoxy) is 1. The Kier molecular flexibility index (Phi) is 6.11. The smallest absolute Gasteiger partial charge is 0.416 e. The molecule has 0 aliphatic rings. The van der Waals surface area contributed by atoms with Crippen LogP contribution < -0.4 is 0 Å². The predicted molar refractivity (Wildman–Crippen MR) is 86.8 cm³/mol. The van der Waals surface area contributed by atoms with Crippen molar-refractivity contribution in [2.45, 2.75) is 12.6 Å². The molecule has 0 fully saturated rings. The van der Waals surface area contributed by atoms with Gasteiger partial charge in [0, 0.05) is 5.56 Å². The van der Waals surface area contributed by atoms with E-state index >= 15 is 0 Å². The molecular formula is C19H15F3O3. The average Bonchev–Trinajstić information content (AvgIpc) is 2.59. The lowest BCUT2D eigenvalue weighted by molar-refractivity contribution is -0.141. The molecule has 2 rings (SSSR count). The molecule has 0 N–H and O–H groups in total. The monoisotopic (exact) mass is 348 g/mol. The summed E-state index contributed by atoms with van der Waals surface area (Å²) in [6.07, 6.45) is -1.71. The number of carbonyl (C=O) groups excluding carboxylic acids is 2. The Morgan fingerprint density at radius 2 is 1.60 bits per heavy atom. The van der Waals surface area contributed by atoms with Gasteiger partial charge in [-0.15, -0.1) is 0 Å². The zero-order valence-corrected chi connectivity index (χ0v) is 13.1. The molecule has 0 atom stereocenters. The molecule has 0 bridgehead atoms. The number of benzene rings is 2. The quantitative estimate of drug-likeness (QED) is 0.437. The van der Waals surface area contributed by atoms with Gasteiger partial charge in [0.1, 0.15) is 13.0 Å². The summed E-state index contributed by atoms with van der Waals surface area (Å²) < 4.78 is 42.2. The SMILES string of the molecule is O=C(CC(=O)c1ccccc1)OC/C=C/c1ccc(C(F)(F)F)cc1. The van der Waals surface area contributed by atoms with Crippen LogP contribution >= 0.6 is 0 Å². The number of carbonyl (C=O) groups is 2. The van der Waals surface area contributed by atoms with E-state index in [-0.39, 0.29) is 18.8 Å². The summed E-state index contributed by atoms with van der Waals surface area (Å²) in [5, 5.41) is 0. The Hall–Kier alpha value is -2.89. The second-order valence-corrected chi connectivity index (χ2v) is 5.17. The largest absolute Gasteiger partial charge is 0.461 e. The van der Waals surface area contributed by atoms with E-state index in [4.69, 9.17) is 4.74 Å². The second-order valence-electron chi connectivity index (χ2n) is 5.17. The van der Waals surface area contributed by atoms with Crippen molar-refractivity contribution in [3.63, 3.8) is 0 Å². The molecule has 0 saturated heterocycles. The van der Waals surface area contributed by atoms with Crippen molar-refractivity contribution in [1.29, 1.82) is 0 Å². The van der Waals surface area contributed by atoms with Gasteiger partial charge in [0.05, 0.1) is 5.56 Å². The second kappa shape index (κ2) is 8.28. The Labute approximate surface area is 142 Å². The van der Waals surface area contributed by atoms with Crippen LogP contribution in [0.3, 0.4) is 0 Å². The number of ketones is 1. The molecular weight excluding hydrogens is 333 g/mol. The molecule has 0 radical (unpaired) electrons. The van der Waals surface area contributed by atoms with Crippen LogP contribution in [0.15, 0.2) is 60.7 Å². The van der Waals surface area contributed by atoms with E-state index in [2.05, 4.69) is 0 Å². The molecule has 2 aromatic rings. The van der Waals surface area contributed by atoms with Crippen LogP contribution in [0.1, 0.15) is 27.9 Å². The van der Waals surface area contributed by atoms with E-state index in [0.29, 0.717) is 11.1 Å². The summed E-state index contributed by atoms with van der Waals surface area (Å²) >= 11 is 0. The fraction of sp³-hybridized carbons (Fsp3) is 0.158. The molecule has 0 unspecified atom stereocenters. The van der Waals surface area contributed by atoms with E-state index in [1.807, 2.05) is 0 Å². The Morgan fingerprint density at radius 3 is 2.20 bits per heavy atom. The zero-order chi connectivity index (χ0) is 18.3. The van der Waals surface area contributed by atoms with Crippen molar-refractivity contribution in [2.75, 3.05) is 6.61 Å². The maximum atomic E-state index is 12.4. The van der Waals surface area contributed by atoms with Crippen molar-refractivity contribution in [2.24, 2.45) is 0 Å². The first-order valence-corrected chi connectivity index (χ1v) is 7.44. The number of Topliss-reactive ketones (excluding diaryl/α,β-unsaturated/α-hetero) is 1. The third-order valence-electron chi connectivity index (χ3n) is 3.29. The highest BCUT2D eigenvalue weighted by Gasteiger charge is 2.29. The maximum Gasteiger partial charge on any atom is 0.416 e. The number of hydrogen-bond acceptors (Lipinski definition) is 3. The third kappa shape index (κ3) is 5.91. The lowest BCUT2D eigenvalue weighted by atomic mass is 10.1. The maximum absolute atomic E-state index is 12.4. The van der Waals surface area contributed by atoms with Gasteiger partial charge in [-0.25, -0.2) is 0 Å². The van der Waals surface area contributed by atoms with E-state index in [9.17, 15) is 22.8 Å². The minimum Gasteiger partial charge on any atom is -0.461 e. The summed E-state index contributed by atoms with van der Waals surface area (Å²) in [5.41, 5.74) is 0.250. The molecule has 0 aliphatic carbocycles. The molecule has 0 aromatic heterocycles. The highest BCUT2D eigenvalue weighted by atomic mass is 19.4. The normalized spacial score (nSPS) is 11.5. The van der Waals surface area contributed by atoms with Crippen LogP contribution in [0, 0.1) is 0 Å². The topological polar surface area (TPSA) is 43.4 Å². The van der Waals surface area contributed by atoms with Crippen molar-refractivity contribution in [1.82, 2.24) is 0 Å². The van der Waals surface area contributed by atoms with Crippen molar-refractivity contribution in [3.8, 4) is 0 Å². The fourth-order valence-electron chi connectivity index (χ4n) is 2.02. The van der Waals surface area contributed by atoms with E-state index in [1.165, 1.54) is 24.3 Å². The summed E-state index contributed by atoms with van der Waals surface area (Å²) in [5.74, 6) is -0.997. The van der Waals surface area contributed by atoms with Gasteiger partial charge in [-0.05, 0) is 23.8 Å². The summed E-state index contributed by atoms with van der Waals surface area (Å²) in [6.45, 7) is -0.0675. The summed E-state index contributed by atoms with van der Waals surface area (Å²) in [4.78, 5) is 23.4. The average molecular weight is 348 g/mol. The first-order chi connectivity index (χ1) is 11.9. The first kappa shape index (κ1) is 18.4. The van der Waals surface area contributed by atoms with Crippen LogP contribution in [-0.2, 0) is 15.7 Å². The molecule has 0 aliphatic heterocycles. The van der Waals surface area contributed by atoms with Gasteiger partial charge in [0.2, 0.25) is 0 Å². The standard InChI is InChI=1S/C19H15F3O3/c20-19(21,22)16-10-8-14(9-11-16)5-4-12-25-18(24)13-17(23)15-6-2-1-3-7-15/h1-11H,12-13H2/b5-4+.